The van der Waals surface area contributed by atoms with Crippen molar-refractivity contribution in [3.63, 3.8) is 0 Å². The van der Waals surface area contributed by atoms with E-state index < -0.39 is 5.91 Å². The van der Waals surface area contributed by atoms with Gasteiger partial charge in [-0.1, -0.05) is 18.2 Å². The maximum atomic E-state index is 12.2. The van der Waals surface area contributed by atoms with Crippen molar-refractivity contribution in [2.75, 3.05) is 27.2 Å². The van der Waals surface area contributed by atoms with Gasteiger partial charge < -0.3 is 16.0 Å². The van der Waals surface area contributed by atoms with E-state index in [0.717, 1.165) is 18.5 Å². The smallest absolute Gasteiger partial charge is 0.254 e. The molecule has 0 aliphatic carbocycles. The van der Waals surface area contributed by atoms with Crippen LogP contribution in [0.4, 0.5) is 0 Å². The Labute approximate surface area is 107 Å². The zero-order valence-electron chi connectivity index (χ0n) is 10.8. The Balaban J connectivity index is 2.87. The zero-order chi connectivity index (χ0) is 13.5. The maximum absolute atomic E-state index is 12.2. The van der Waals surface area contributed by atoms with E-state index in [0.29, 0.717) is 5.56 Å². The van der Waals surface area contributed by atoms with Gasteiger partial charge in [-0.3, -0.25) is 9.59 Å². The van der Waals surface area contributed by atoms with Crippen molar-refractivity contribution in [2.45, 2.75) is 6.42 Å². The van der Waals surface area contributed by atoms with E-state index in [4.69, 9.17) is 5.73 Å². The fourth-order valence-corrected chi connectivity index (χ4v) is 1.72. The fourth-order valence-electron chi connectivity index (χ4n) is 1.72. The van der Waals surface area contributed by atoms with E-state index in [1.54, 1.807) is 13.1 Å². The van der Waals surface area contributed by atoms with E-state index in [1.165, 1.54) is 4.90 Å². The molecule has 0 spiro atoms. The summed E-state index contributed by atoms with van der Waals surface area (Å²) in [6.45, 7) is 0.725. The summed E-state index contributed by atoms with van der Waals surface area (Å²) in [6.07, 6.45) is 0.767. The summed E-state index contributed by atoms with van der Waals surface area (Å²) in [5.74, 6) is -0.695. The van der Waals surface area contributed by atoms with Crippen molar-refractivity contribution in [2.24, 2.45) is 5.73 Å². The van der Waals surface area contributed by atoms with Gasteiger partial charge in [-0.25, -0.2) is 0 Å². The molecule has 0 heterocycles. The second-order valence-electron chi connectivity index (χ2n) is 4.14. The Morgan fingerprint density at radius 3 is 2.61 bits per heavy atom. The van der Waals surface area contributed by atoms with E-state index in [1.807, 2.05) is 25.2 Å². The molecule has 5 heteroatoms. The van der Waals surface area contributed by atoms with Crippen LogP contribution in [0.2, 0.25) is 0 Å². The second kappa shape index (κ2) is 6.76. The third kappa shape index (κ3) is 3.85. The number of benzene rings is 1. The molecule has 0 aliphatic rings. The van der Waals surface area contributed by atoms with Crippen LogP contribution in [0.1, 0.15) is 15.9 Å². The standard InChI is InChI=1S/C13H19N3O2/c1-15-8-7-10-5-3-4-6-11(10)13(18)16(2)9-12(14)17/h3-6,15H,7-9H2,1-2H3,(H2,14,17). The number of carbonyl (C=O) groups excluding carboxylic acids is 2. The van der Waals surface area contributed by atoms with Gasteiger partial charge in [0, 0.05) is 12.6 Å². The molecule has 0 unspecified atom stereocenters. The molecule has 0 saturated heterocycles. The summed E-state index contributed by atoms with van der Waals surface area (Å²) in [7, 11) is 3.44. The molecule has 1 rings (SSSR count). The van der Waals surface area contributed by atoms with Crippen LogP contribution in [-0.2, 0) is 11.2 Å². The van der Waals surface area contributed by atoms with Crippen LogP contribution in [-0.4, -0.2) is 43.9 Å². The molecule has 0 atom stereocenters. The maximum Gasteiger partial charge on any atom is 0.254 e. The highest BCUT2D eigenvalue weighted by Gasteiger charge is 2.16. The summed E-state index contributed by atoms with van der Waals surface area (Å²) >= 11 is 0. The number of rotatable bonds is 6. The zero-order valence-corrected chi connectivity index (χ0v) is 10.8. The van der Waals surface area contributed by atoms with Crippen LogP contribution in [0.25, 0.3) is 0 Å². The van der Waals surface area contributed by atoms with Crippen LogP contribution in [0.3, 0.4) is 0 Å². The third-order valence-electron chi connectivity index (χ3n) is 2.63. The number of hydrogen-bond donors (Lipinski definition) is 2. The van der Waals surface area contributed by atoms with Gasteiger partial charge in [-0.2, -0.15) is 0 Å². The summed E-state index contributed by atoms with van der Waals surface area (Å²) in [5.41, 5.74) is 6.67. The van der Waals surface area contributed by atoms with Crippen LogP contribution < -0.4 is 11.1 Å². The molecule has 3 N–H and O–H groups in total. The molecule has 1 aromatic rings. The predicted octanol–water partition coefficient (Wildman–Crippen LogP) is 0.00580. The summed E-state index contributed by atoms with van der Waals surface area (Å²) in [5, 5.41) is 3.04. The van der Waals surface area contributed by atoms with Crippen molar-refractivity contribution in [1.82, 2.24) is 10.2 Å². The van der Waals surface area contributed by atoms with Crippen LogP contribution >= 0.6 is 0 Å². The normalized spacial score (nSPS) is 10.1. The molecule has 0 aliphatic heterocycles. The molecule has 0 fully saturated rings. The highest BCUT2D eigenvalue weighted by Crippen LogP contribution is 2.11. The lowest BCUT2D eigenvalue weighted by molar-refractivity contribution is -0.118. The SMILES string of the molecule is CNCCc1ccccc1C(=O)N(C)CC(N)=O. The lowest BCUT2D eigenvalue weighted by Gasteiger charge is -2.17. The Morgan fingerprint density at radius 1 is 1.33 bits per heavy atom. The number of likely N-dealkylation sites (N-methyl/N-ethyl adjacent to an activating group) is 2. The lowest BCUT2D eigenvalue weighted by atomic mass is 10.0. The first-order valence-corrected chi connectivity index (χ1v) is 5.82. The van der Waals surface area contributed by atoms with Crippen molar-refractivity contribution < 1.29 is 9.59 Å². The van der Waals surface area contributed by atoms with Gasteiger partial charge in [-0.05, 0) is 31.6 Å². The number of primary amides is 1. The molecule has 18 heavy (non-hydrogen) atoms. The van der Waals surface area contributed by atoms with E-state index in [9.17, 15) is 9.59 Å². The topological polar surface area (TPSA) is 75.4 Å². The molecule has 5 nitrogen and oxygen atoms in total. The van der Waals surface area contributed by atoms with Crippen molar-refractivity contribution in [3.05, 3.63) is 35.4 Å². The fraction of sp³-hybridized carbons (Fsp3) is 0.385. The van der Waals surface area contributed by atoms with Gasteiger partial charge in [0.25, 0.3) is 5.91 Å². The van der Waals surface area contributed by atoms with Gasteiger partial charge >= 0.3 is 0 Å². The molecular formula is C13H19N3O2. The Hall–Kier alpha value is -1.88. The molecule has 0 aromatic heterocycles. The van der Waals surface area contributed by atoms with Crippen LogP contribution in [0, 0.1) is 0 Å². The highest BCUT2D eigenvalue weighted by atomic mass is 16.2. The van der Waals surface area contributed by atoms with E-state index in [2.05, 4.69) is 5.32 Å². The summed E-state index contributed by atoms with van der Waals surface area (Å²) in [6, 6.07) is 7.40. The molecule has 1 aromatic carbocycles. The van der Waals surface area contributed by atoms with E-state index in [-0.39, 0.29) is 12.5 Å². The quantitative estimate of drug-likeness (QED) is 0.745. The minimum absolute atomic E-state index is 0.0702. The first kappa shape index (κ1) is 14.2. The third-order valence-corrected chi connectivity index (χ3v) is 2.63. The predicted molar refractivity (Wildman–Crippen MR) is 70.2 cm³/mol. The molecule has 98 valence electrons. The lowest BCUT2D eigenvalue weighted by Crippen LogP contribution is -2.35. The Morgan fingerprint density at radius 2 is 2.00 bits per heavy atom. The van der Waals surface area contributed by atoms with Crippen molar-refractivity contribution >= 4 is 11.8 Å². The first-order valence-electron chi connectivity index (χ1n) is 5.82. The van der Waals surface area contributed by atoms with Crippen LogP contribution in [0.5, 0.6) is 0 Å². The number of nitrogens with two attached hydrogens (primary N) is 1. The molecule has 2 amide bonds. The van der Waals surface area contributed by atoms with Gasteiger partial charge in [-0.15, -0.1) is 0 Å². The Kier molecular flexibility index (Phi) is 5.32. The Bertz CT molecular complexity index is 432. The largest absolute Gasteiger partial charge is 0.368 e. The number of amides is 2. The number of nitrogens with one attached hydrogen (secondary N) is 1. The molecule has 0 bridgehead atoms. The number of carbonyl (C=O) groups is 2. The monoisotopic (exact) mass is 249 g/mol. The summed E-state index contributed by atoms with van der Waals surface area (Å²) in [4.78, 5) is 24.3. The van der Waals surface area contributed by atoms with Gasteiger partial charge in [0.2, 0.25) is 5.91 Å². The van der Waals surface area contributed by atoms with Gasteiger partial charge in [0.05, 0.1) is 6.54 Å². The molecule has 0 saturated carbocycles. The average molecular weight is 249 g/mol. The minimum Gasteiger partial charge on any atom is -0.368 e. The van der Waals surface area contributed by atoms with Crippen molar-refractivity contribution in [3.8, 4) is 0 Å². The second-order valence-corrected chi connectivity index (χ2v) is 4.14. The van der Waals surface area contributed by atoms with Crippen LogP contribution in [0.15, 0.2) is 24.3 Å². The number of hydrogen-bond acceptors (Lipinski definition) is 3. The van der Waals surface area contributed by atoms with Gasteiger partial charge in [0.15, 0.2) is 0 Å². The van der Waals surface area contributed by atoms with Crippen molar-refractivity contribution in [1.29, 1.82) is 0 Å². The minimum atomic E-state index is -0.515. The average Bonchev–Trinajstić information content (AvgIpc) is 2.35. The van der Waals surface area contributed by atoms with E-state index >= 15 is 0 Å². The molecular weight excluding hydrogens is 230 g/mol. The van der Waals surface area contributed by atoms with Gasteiger partial charge in [0.1, 0.15) is 0 Å². The highest BCUT2D eigenvalue weighted by molar-refractivity contribution is 5.97. The molecule has 0 radical (unpaired) electrons. The number of nitrogens with zero attached hydrogens (tertiary/aromatic N) is 1. The summed E-state index contributed by atoms with van der Waals surface area (Å²) < 4.78 is 0. The first-order chi connectivity index (χ1) is 8.56.